The summed E-state index contributed by atoms with van der Waals surface area (Å²) in [5.74, 6) is 0.710. The van der Waals surface area contributed by atoms with E-state index in [0.29, 0.717) is 57.8 Å². The average molecular weight is 453 g/mol. The summed E-state index contributed by atoms with van der Waals surface area (Å²) in [6.07, 6.45) is 1.76. The topological polar surface area (TPSA) is 103 Å². The SMILES string of the molecule is CC(C)OCCCNC(=O)CCc1nc2cc(S(=O)(=O)N3CCOCC3)ccc2n1C. The Morgan fingerprint density at radius 2 is 2.03 bits per heavy atom. The number of ether oxygens (including phenoxy) is 2. The molecule has 1 saturated heterocycles. The number of nitrogens with one attached hydrogen (secondary N) is 1. The monoisotopic (exact) mass is 452 g/mol. The first-order valence-corrected chi connectivity index (χ1v) is 12.1. The molecule has 9 nitrogen and oxygen atoms in total. The standard InChI is InChI=1S/C21H32N4O5S/c1-16(2)30-12-4-9-22-21(26)8-7-20-23-18-15-17(5-6-19(18)24(20)3)31(27,28)25-10-13-29-14-11-25/h5-6,15-16H,4,7-14H2,1-3H3,(H,22,26). The van der Waals surface area contributed by atoms with Crippen molar-refractivity contribution in [3.05, 3.63) is 24.0 Å². The molecular weight excluding hydrogens is 420 g/mol. The number of carbonyl (C=O) groups excluding carboxylic acids is 1. The van der Waals surface area contributed by atoms with Crippen molar-refractivity contribution in [3.8, 4) is 0 Å². The number of fused-ring (bicyclic) bond motifs is 1. The van der Waals surface area contributed by atoms with Crippen molar-refractivity contribution in [2.45, 2.75) is 44.1 Å². The molecule has 1 aromatic carbocycles. The largest absolute Gasteiger partial charge is 0.379 e. The molecular formula is C21H32N4O5S. The van der Waals surface area contributed by atoms with Gasteiger partial charge in [-0.3, -0.25) is 4.79 Å². The second kappa shape index (κ2) is 10.5. The average Bonchev–Trinajstić information content (AvgIpc) is 3.07. The third kappa shape index (κ3) is 6.03. The summed E-state index contributed by atoms with van der Waals surface area (Å²) in [5, 5.41) is 2.89. The Kier molecular flexibility index (Phi) is 8.04. The summed E-state index contributed by atoms with van der Waals surface area (Å²) in [7, 11) is -1.70. The van der Waals surface area contributed by atoms with E-state index < -0.39 is 10.0 Å². The zero-order chi connectivity index (χ0) is 22.4. The first-order chi connectivity index (χ1) is 14.8. The van der Waals surface area contributed by atoms with Crippen molar-refractivity contribution in [2.75, 3.05) is 39.5 Å². The molecule has 2 aromatic rings. The molecule has 0 spiro atoms. The molecule has 0 unspecified atom stereocenters. The van der Waals surface area contributed by atoms with Crippen LogP contribution in [0, 0.1) is 0 Å². The summed E-state index contributed by atoms with van der Waals surface area (Å²) in [6, 6.07) is 5.00. The minimum Gasteiger partial charge on any atom is -0.379 e. The maximum Gasteiger partial charge on any atom is 0.243 e. The predicted octanol–water partition coefficient (Wildman–Crippen LogP) is 1.46. The lowest BCUT2D eigenvalue weighted by atomic mass is 10.2. The lowest BCUT2D eigenvalue weighted by molar-refractivity contribution is -0.121. The van der Waals surface area contributed by atoms with Gasteiger partial charge in [0.15, 0.2) is 0 Å². The molecule has 1 aromatic heterocycles. The van der Waals surface area contributed by atoms with Crippen LogP contribution in [-0.4, -0.2) is 73.7 Å². The fraction of sp³-hybridized carbons (Fsp3) is 0.619. The highest BCUT2D eigenvalue weighted by molar-refractivity contribution is 7.89. The number of imidazole rings is 1. The Labute approximate surface area is 183 Å². The first-order valence-electron chi connectivity index (χ1n) is 10.7. The van der Waals surface area contributed by atoms with Gasteiger partial charge in [0, 0.05) is 46.1 Å². The Hall–Kier alpha value is -2.01. The molecule has 31 heavy (non-hydrogen) atoms. The van der Waals surface area contributed by atoms with E-state index in [1.54, 1.807) is 18.2 Å². The minimum absolute atomic E-state index is 0.0350. The summed E-state index contributed by atoms with van der Waals surface area (Å²) in [6.45, 7) is 6.69. The fourth-order valence-corrected chi connectivity index (χ4v) is 4.91. The molecule has 0 aliphatic carbocycles. The molecule has 2 heterocycles. The van der Waals surface area contributed by atoms with E-state index in [9.17, 15) is 13.2 Å². The first kappa shape index (κ1) is 23.6. The van der Waals surface area contributed by atoms with Crippen LogP contribution in [0.5, 0.6) is 0 Å². The van der Waals surface area contributed by atoms with E-state index in [0.717, 1.165) is 17.8 Å². The molecule has 0 saturated carbocycles. The van der Waals surface area contributed by atoms with Crippen LogP contribution in [0.15, 0.2) is 23.1 Å². The normalized spacial score (nSPS) is 15.6. The van der Waals surface area contributed by atoms with Crippen molar-refractivity contribution in [1.82, 2.24) is 19.2 Å². The van der Waals surface area contributed by atoms with Gasteiger partial charge in [0.1, 0.15) is 5.82 Å². The van der Waals surface area contributed by atoms with Crippen LogP contribution in [-0.2, 0) is 37.8 Å². The van der Waals surface area contributed by atoms with Gasteiger partial charge in [-0.2, -0.15) is 4.31 Å². The third-order valence-corrected chi connectivity index (χ3v) is 7.12. The second-order valence-electron chi connectivity index (χ2n) is 7.88. The lowest BCUT2D eigenvalue weighted by Gasteiger charge is -2.26. The molecule has 1 aliphatic rings. The van der Waals surface area contributed by atoms with Gasteiger partial charge in [-0.1, -0.05) is 0 Å². The molecule has 1 N–H and O–H groups in total. The van der Waals surface area contributed by atoms with Crippen molar-refractivity contribution < 1.29 is 22.7 Å². The number of carbonyl (C=O) groups is 1. The van der Waals surface area contributed by atoms with Gasteiger partial charge >= 0.3 is 0 Å². The molecule has 1 amide bonds. The number of hydrogen-bond donors (Lipinski definition) is 1. The zero-order valence-corrected chi connectivity index (χ0v) is 19.3. The summed E-state index contributed by atoms with van der Waals surface area (Å²) >= 11 is 0. The van der Waals surface area contributed by atoms with Gasteiger partial charge in [-0.05, 0) is 38.5 Å². The van der Waals surface area contributed by atoms with Gasteiger partial charge in [0.25, 0.3) is 0 Å². The minimum atomic E-state index is -3.57. The van der Waals surface area contributed by atoms with Crippen molar-refractivity contribution in [2.24, 2.45) is 7.05 Å². The van der Waals surface area contributed by atoms with E-state index >= 15 is 0 Å². The molecule has 1 fully saturated rings. The quantitative estimate of drug-likeness (QED) is 0.548. The van der Waals surface area contributed by atoms with Crippen LogP contribution in [0.2, 0.25) is 0 Å². The van der Waals surface area contributed by atoms with Gasteiger partial charge in [-0.25, -0.2) is 13.4 Å². The molecule has 0 atom stereocenters. The van der Waals surface area contributed by atoms with Crippen molar-refractivity contribution in [3.63, 3.8) is 0 Å². The molecule has 10 heteroatoms. The predicted molar refractivity (Wildman–Crippen MR) is 117 cm³/mol. The molecule has 0 radical (unpaired) electrons. The highest BCUT2D eigenvalue weighted by Crippen LogP contribution is 2.23. The van der Waals surface area contributed by atoms with Crippen molar-refractivity contribution in [1.29, 1.82) is 0 Å². The molecule has 0 bridgehead atoms. The van der Waals surface area contributed by atoms with E-state index in [2.05, 4.69) is 10.3 Å². The van der Waals surface area contributed by atoms with E-state index in [4.69, 9.17) is 9.47 Å². The number of nitrogens with zero attached hydrogens (tertiary/aromatic N) is 3. The van der Waals surface area contributed by atoms with E-state index in [1.165, 1.54) is 4.31 Å². The van der Waals surface area contributed by atoms with Crippen LogP contribution >= 0.6 is 0 Å². The summed E-state index contributed by atoms with van der Waals surface area (Å²) in [4.78, 5) is 16.9. The van der Waals surface area contributed by atoms with Crippen LogP contribution in [0.1, 0.15) is 32.5 Å². The zero-order valence-electron chi connectivity index (χ0n) is 18.5. The maximum absolute atomic E-state index is 12.9. The maximum atomic E-state index is 12.9. The Balaban J connectivity index is 1.61. The van der Waals surface area contributed by atoms with Gasteiger partial charge in [0.2, 0.25) is 15.9 Å². The Bertz CT molecular complexity index is 997. The lowest BCUT2D eigenvalue weighted by Crippen LogP contribution is -2.40. The van der Waals surface area contributed by atoms with Crippen LogP contribution in [0.25, 0.3) is 11.0 Å². The Morgan fingerprint density at radius 1 is 1.29 bits per heavy atom. The number of rotatable bonds is 10. The molecule has 3 rings (SSSR count). The van der Waals surface area contributed by atoms with Crippen LogP contribution in [0.3, 0.4) is 0 Å². The highest BCUT2D eigenvalue weighted by Gasteiger charge is 2.27. The van der Waals surface area contributed by atoms with Gasteiger partial charge in [-0.15, -0.1) is 0 Å². The highest BCUT2D eigenvalue weighted by atomic mass is 32.2. The van der Waals surface area contributed by atoms with Crippen LogP contribution < -0.4 is 5.32 Å². The van der Waals surface area contributed by atoms with Crippen molar-refractivity contribution >= 4 is 27.0 Å². The number of sulfonamides is 1. The third-order valence-electron chi connectivity index (χ3n) is 5.22. The van der Waals surface area contributed by atoms with Gasteiger partial charge in [0.05, 0.1) is 35.2 Å². The summed E-state index contributed by atoms with van der Waals surface area (Å²) < 4.78 is 39.9. The number of aromatic nitrogens is 2. The Morgan fingerprint density at radius 3 is 2.74 bits per heavy atom. The van der Waals surface area contributed by atoms with Crippen LogP contribution in [0.4, 0.5) is 0 Å². The summed E-state index contributed by atoms with van der Waals surface area (Å²) in [5.41, 5.74) is 1.44. The van der Waals surface area contributed by atoms with E-state index in [1.807, 2.05) is 25.5 Å². The fourth-order valence-electron chi connectivity index (χ4n) is 3.48. The second-order valence-corrected chi connectivity index (χ2v) is 9.82. The number of hydrogen-bond acceptors (Lipinski definition) is 6. The smallest absolute Gasteiger partial charge is 0.243 e. The number of benzene rings is 1. The van der Waals surface area contributed by atoms with E-state index in [-0.39, 0.29) is 16.9 Å². The number of amides is 1. The molecule has 1 aliphatic heterocycles. The van der Waals surface area contributed by atoms with Gasteiger partial charge < -0.3 is 19.4 Å². The molecule has 172 valence electrons. The number of aryl methyl sites for hydroxylation is 2. The number of morpholine rings is 1.